The minimum absolute atomic E-state index is 0.114. The molecule has 0 aromatic rings. The lowest BCUT2D eigenvalue weighted by Gasteiger charge is -2.43. The van der Waals surface area contributed by atoms with Crippen molar-refractivity contribution in [3.8, 4) is 0 Å². The molecule has 3 nitrogen and oxygen atoms in total. The molecular weight excluding hydrogens is 323 g/mol. The second-order valence-corrected chi connectivity index (χ2v) is 7.15. The van der Waals surface area contributed by atoms with Crippen molar-refractivity contribution < 1.29 is 14.3 Å². The van der Waals surface area contributed by atoms with Gasteiger partial charge in [0.2, 0.25) is 0 Å². The fourth-order valence-electron chi connectivity index (χ4n) is 4.63. The highest BCUT2D eigenvalue weighted by molar-refractivity contribution is 6.44. The quantitative estimate of drug-likeness (QED) is 0.685. The number of esters is 1. The van der Waals surface area contributed by atoms with E-state index in [4.69, 9.17) is 44.3 Å². The molecule has 4 rings (SSSR count). The first-order valence-electron chi connectivity index (χ1n) is 6.75. The molecule has 0 radical (unpaired) electrons. The van der Waals surface area contributed by atoms with Gasteiger partial charge in [0.1, 0.15) is 10.1 Å². The molecule has 20 heavy (non-hydrogen) atoms. The van der Waals surface area contributed by atoms with Crippen LogP contribution in [0.4, 0.5) is 0 Å². The van der Waals surface area contributed by atoms with Crippen LogP contribution in [0.2, 0.25) is 0 Å². The minimum atomic E-state index is -1.39. The molecule has 2 saturated carbocycles. The van der Waals surface area contributed by atoms with Crippen LogP contribution in [0.1, 0.15) is 19.3 Å². The Bertz CT molecular complexity index is 582. The van der Waals surface area contributed by atoms with Gasteiger partial charge >= 0.3 is 5.97 Å². The van der Waals surface area contributed by atoms with Gasteiger partial charge in [-0.3, -0.25) is 0 Å². The molecular formula is C14H13Cl3O3. The first kappa shape index (κ1) is 13.4. The maximum Gasteiger partial charge on any atom is 0.353 e. The fraction of sp³-hybridized carbons (Fsp3) is 0.643. The number of fused-ring (bicyclic) bond motifs is 7. The number of carbonyl (C=O) groups excluding carboxylic acids is 1. The Morgan fingerprint density at radius 2 is 1.85 bits per heavy atom. The highest BCUT2D eigenvalue weighted by atomic mass is 35.5. The van der Waals surface area contributed by atoms with E-state index in [0.717, 1.165) is 19.3 Å². The van der Waals surface area contributed by atoms with Gasteiger partial charge in [0, 0.05) is 23.6 Å². The van der Waals surface area contributed by atoms with E-state index in [1.165, 1.54) is 7.11 Å². The molecule has 0 spiro atoms. The number of halogens is 3. The molecule has 108 valence electrons. The number of allylic oxidation sites excluding steroid dienone is 1. The topological polar surface area (TPSA) is 35.5 Å². The van der Waals surface area contributed by atoms with E-state index in [2.05, 4.69) is 0 Å². The average Bonchev–Trinajstić information content (AvgIpc) is 3.10. The van der Waals surface area contributed by atoms with Crippen LogP contribution >= 0.6 is 34.8 Å². The molecule has 5 atom stereocenters. The normalized spacial score (nSPS) is 45.9. The van der Waals surface area contributed by atoms with E-state index in [1.807, 2.05) is 0 Å². The highest BCUT2D eigenvalue weighted by Gasteiger charge is 2.64. The summed E-state index contributed by atoms with van der Waals surface area (Å²) in [5.41, 5.74) is 0.693. The second-order valence-electron chi connectivity index (χ2n) is 5.98. The molecule has 1 aliphatic heterocycles. The minimum Gasteiger partial charge on any atom is -0.419 e. The number of hydrogen-bond donors (Lipinski definition) is 0. The Hall–Kier alpha value is -0.220. The summed E-state index contributed by atoms with van der Waals surface area (Å²) in [6.45, 7) is 0. The van der Waals surface area contributed by atoms with Crippen LogP contribution in [0.25, 0.3) is 0 Å². The predicted molar refractivity (Wildman–Crippen MR) is 75.3 cm³/mol. The van der Waals surface area contributed by atoms with E-state index < -0.39 is 11.8 Å². The molecule has 2 fully saturated rings. The third kappa shape index (κ3) is 1.36. The third-order valence-corrected chi connectivity index (χ3v) is 6.68. The highest BCUT2D eigenvalue weighted by Crippen LogP contribution is 2.66. The van der Waals surface area contributed by atoms with Gasteiger partial charge in [-0.15, -0.1) is 0 Å². The van der Waals surface area contributed by atoms with E-state index in [9.17, 15) is 4.79 Å². The number of hydrogen-bond acceptors (Lipinski definition) is 3. The van der Waals surface area contributed by atoms with Crippen molar-refractivity contribution in [2.24, 2.45) is 23.7 Å². The summed E-state index contributed by atoms with van der Waals surface area (Å²) in [6, 6.07) is 0. The Labute approximate surface area is 131 Å². The van der Waals surface area contributed by atoms with Crippen LogP contribution in [0, 0.1) is 23.7 Å². The van der Waals surface area contributed by atoms with Crippen molar-refractivity contribution in [3.05, 3.63) is 20.7 Å². The average molecular weight is 336 g/mol. The van der Waals surface area contributed by atoms with Crippen molar-refractivity contribution in [2.75, 3.05) is 7.11 Å². The van der Waals surface area contributed by atoms with Crippen molar-refractivity contribution in [1.82, 2.24) is 0 Å². The van der Waals surface area contributed by atoms with Crippen molar-refractivity contribution in [2.45, 2.75) is 25.0 Å². The maximum atomic E-state index is 11.9. The molecule has 6 heteroatoms. The van der Waals surface area contributed by atoms with Crippen molar-refractivity contribution in [1.29, 1.82) is 0 Å². The lowest BCUT2D eigenvalue weighted by Crippen LogP contribution is -2.45. The molecule has 0 aromatic carbocycles. The first-order valence-corrected chi connectivity index (χ1v) is 7.89. The van der Waals surface area contributed by atoms with Gasteiger partial charge in [-0.2, -0.15) is 0 Å². The summed E-state index contributed by atoms with van der Waals surface area (Å²) in [7, 11) is 1.46. The third-order valence-electron chi connectivity index (χ3n) is 5.34. The van der Waals surface area contributed by atoms with Gasteiger partial charge in [-0.1, -0.05) is 34.8 Å². The fourth-order valence-corrected chi connectivity index (χ4v) is 5.70. The Morgan fingerprint density at radius 3 is 2.50 bits per heavy atom. The van der Waals surface area contributed by atoms with Crippen molar-refractivity contribution in [3.63, 3.8) is 0 Å². The summed E-state index contributed by atoms with van der Waals surface area (Å²) < 4.78 is 10.9. The summed E-state index contributed by atoms with van der Waals surface area (Å²) in [5.74, 6) is -0.690. The van der Waals surface area contributed by atoms with Crippen LogP contribution in [0.3, 0.4) is 0 Å². The molecule has 4 aliphatic rings. The van der Waals surface area contributed by atoms with Gasteiger partial charge < -0.3 is 9.47 Å². The predicted octanol–water partition coefficient (Wildman–Crippen LogP) is 3.74. The Morgan fingerprint density at radius 1 is 1.20 bits per heavy atom. The summed E-state index contributed by atoms with van der Waals surface area (Å²) in [6.07, 6.45) is 3.40. The standard InChI is InChI=1S/C14H13Cl3O3/c1-19-14-9(11(16)13(18)20-14)7-5-2-3-6(4-5)8(7)10(15)12(14)17/h5-8H,2-4H2,1H3/t5-,6+,7+,8-,14+/m1/s1. The largest absolute Gasteiger partial charge is 0.419 e. The molecule has 0 N–H and O–H groups in total. The van der Waals surface area contributed by atoms with Gasteiger partial charge in [0.15, 0.2) is 0 Å². The van der Waals surface area contributed by atoms with E-state index >= 15 is 0 Å². The molecule has 0 unspecified atom stereocenters. The zero-order valence-electron chi connectivity index (χ0n) is 10.8. The van der Waals surface area contributed by atoms with Crippen LogP contribution in [0.15, 0.2) is 20.7 Å². The van der Waals surface area contributed by atoms with Crippen LogP contribution in [0.5, 0.6) is 0 Å². The number of rotatable bonds is 1. The second kappa shape index (κ2) is 4.16. The summed E-state index contributed by atoms with van der Waals surface area (Å²) in [4.78, 5) is 11.9. The Kier molecular flexibility index (Phi) is 2.80. The molecule has 2 bridgehead atoms. The molecule has 0 saturated heterocycles. The number of ether oxygens (including phenoxy) is 2. The number of methoxy groups -OCH3 is 1. The molecule has 3 aliphatic carbocycles. The molecule has 1 heterocycles. The monoisotopic (exact) mass is 334 g/mol. The van der Waals surface area contributed by atoms with Gasteiger partial charge in [0.25, 0.3) is 5.79 Å². The first-order chi connectivity index (χ1) is 9.51. The van der Waals surface area contributed by atoms with Gasteiger partial charge in [-0.05, 0) is 37.0 Å². The summed E-state index contributed by atoms with van der Waals surface area (Å²) >= 11 is 19.1. The number of carbonyl (C=O) groups is 1. The van der Waals surface area contributed by atoms with Crippen LogP contribution in [-0.2, 0) is 14.3 Å². The summed E-state index contributed by atoms with van der Waals surface area (Å²) in [5, 5.41) is 0.958. The van der Waals surface area contributed by atoms with Crippen LogP contribution < -0.4 is 0 Å². The van der Waals surface area contributed by atoms with Crippen LogP contribution in [-0.4, -0.2) is 18.9 Å². The zero-order chi connectivity index (χ0) is 14.2. The Balaban J connectivity index is 1.98. The van der Waals surface area contributed by atoms with E-state index in [-0.39, 0.29) is 21.9 Å². The smallest absolute Gasteiger partial charge is 0.353 e. The molecule has 0 aromatic heterocycles. The SMILES string of the molecule is CO[C@]12OC(=O)C(Cl)=C1[C@H]1[C@@H]3CC[C@@H](C3)[C@H]1C(Cl)=C2Cl. The van der Waals surface area contributed by atoms with Crippen molar-refractivity contribution >= 4 is 40.8 Å². The zero-order valence-corrected chi connectivity index (χ0v) is 13.1. The maximum absolute atomic E-state index is 11.9. The van der Waals surface area contributed by atoms with Gasteiger partial charge in [0.05, 0.1) is 0 Å². The lowest BCUT2D eigenvalue weighted by atomic mass is 9.69. The molecule has 0 amide bonds. The van der Waals surface area contributed by atoms with E-state index in [0.29, 0.717) is 22.4 Å². The van der Waals surface area contributed by atoms with Gasteiger partial charge in [-0.25, -0.2) is 4.79 Å². The van der Waals surface area contributed by atoms with E-state index in [1.54, 1.807) is 0 Å². The lowest BCUT2D eigenvalue weighted by molar-refractivity contribution is -0.180.